The van der Waals surface area contributed by atoms with Gasteiger partial charge in [-0.2, -0.15) is 0 Å². The van der Waals surface area contributed by atoms with E-state index in [1.165, 1.54) is 7.11 Å². The number of rotatable bonds is 6. The standard InChI is InChI=1S/C22H22N4O3/c1-14(23)19-7-6-16(21(27)25-17-8-10-24-11-9-17)13-20(19)26-22(28)15-4-3-5-18(12-15)29-2/h3-14H,23H2,1-2H3,(H,26,28)(H,24,25,27). The van der Waals surface area contributed by atoms with Crippen molar-refractivity contribution in [3.63, 3.8) is 0 Å². The van der Waals surface area contributed by atoms with Crippen molar-refractivity contribution in [1.82, 2.24) is 4.98 Å². The van der Waals surface area contributed by atoms with Crippen molar-refractivity contribution in [3.05, 3.63) is 83.7 Å². The summed E-state index contributed by atoms with van der Waals surface area (Å²) in [6, 6.07) is 14.9. The maximum Gasteiger partial charge on any atom is 0.255 e. The number of hydrogen-bond acceptors (Lipinski definition) is 5. The number of carbonyl (C=O) groups excluding carboxylic acids is 2. The highest BCUT2D eigenvalue weighted by Gasteiger charge is 2.15. The molecule has 0 saturated heterocycles. The van der Waals surface area contributed by atoms with Crippen LogP contribution in [0.15, 0.2) is 67.0 Å². The van der Waals surface area contributed by atoms with Gasteiger partial charge in [0.05, 0.1) is 7.11 Å². The molecule has 0 aliphatic carbocycles. The van der Waals surface area contributed by atoms with Gasteiger partial charge in [0.25, 0.3) is 11.8 Å². The Balaban J connectivity index is 1.86. The quantitative estimate of drug-likeness (QED) is 0.596. The zero-order valence-corrected chi connectivity index (χ0v) is 16.2. The first kappa shape index (κ1) is 20.0. The average molecular weight is 390 g/mol. The molecule has 2 amide bonds. The van der Waals surface area contributed by atoms with Crippen LogP contribution in [0.5, 0.6) is 5.75 Å². The lowest BCUT2D eigenvalue weighted by Crippen LogP contribution is -2.18. The molecule has 1 aromatic heterocycles. The third kappa shape index (κ3) is 4.97. The van der Waals surface area contributed by atoms with Crippen LogP contribution in [-0.2, 0) is 0 Å². The molecule has 2 aromatic carbocycles. The van der Waals surface area contributed by atoms with Crippen molar-refractivity contribution in [2.45, 2.75) is 13.0 Å². The summed E-state index contributed by atoms with van der Waals surface area (Å²) in [7, 11) is 1.54. The third-order valence-electron chi connectivity index (χ3n) is 4.32. The second-order valence-electron chi connectivity index (χ2n) is 6.47. The number of pyridine rings is 1. The molecule has 4 N–H and O–H groups in total. The number of hydrogen-bond donors (Lipinski definition) is 3. The number of benzene rings is 2. The maximum absolute atomic E-state index is 12.7. The van der Waals surface area contributed by atoms with Gasteiger partial charge in [0.2, 0.25) is 0 Å². The molecule has 1 heterocycles. The van der Waals surface area contributed by atoms with E-state index >= 15 is 0 Å². The Hall–Kier alpha value is -3.71. The molecule has 3 rings (SSSR count). The van der Waals surface area contributed by atoms with Crippen LogP contribution in [0.25, 0.3) is 0 Å². The zero-order valence-electron chi connectivity index (χ0n) is 16.2. The van der Waals surface area contributed by atoms with Crippen LogP contribution in [0.4, 0.5) is 11.4 Å². The summed E-state index contributed by atoms with van der Waals surface area (Å²) in [4.78, 5) is 29.2. The van der Waals surface area contributed by atoms with Gasteiger partial charge in [0.15, 0.2) is 0 Å². The number of ether oxygens (including phenoxy) is 1. The van der Waals surface area contributed by atoms with Crippen molar-refractivity contribution in [1.29, 1.82) is 0 Å². The van der Waals surface area contributed by atoms with Crippen LogP contribution in [0.2, 0.25) is 0 Å². The molecular formula is C22H22N4O3. The molecule has 7 heteroatoms. The Bertz CT molecular complexity index is 1020. The number of nitrogens with one attached hydrogen (secondary N) is 2. The number of methoxy groups -OCH3 is 1. The topological polar surface area (TPSA) is 106 Å². The van der Waals surface area contributed by atoms with Crippen molar-refractivity contribution >= 4 is 23.2 Å². The fourth-order valence-corrected chi connectivity index (χ4v) is 2.80. The van der Waals surface area contributed by atoms with Crippen LogP contribution in [-0.4, -0.2) is 23.9 Å². The minimum atomic E-state index is -0.326. The van der Waals surface area contributed by atoms with E-state index in [-0.39, 0.29) is 17.9 Å². The monoisotopic (exact) mass is 390 g/mol. The van der Waals surface area contributed by atoms with E-state index in [1.807, 2.05) is 6.92 Å². The highest BCUT2D eigenvalue weighted by Crippen LogP contribution is 2.25. The van der Waals surface area contributed by atoms with Gasteiger partial charge < -0.3 is 21.1 Å². The van der Waals surface area contributed by atoms with Gasteiger partial charge in [-0.05, 0) is 55.0 Å². The summed E-state index contributed by atoms with van der Waals surface area (Å²) >= 11 is 0. The van der Waals surface area contributed by atoms with Crippen molar-refractivity contribution in [2.24, 2.45) is 5.73 Å². The first-order valence-electron chi connectivity index (χ1n) is 9.04. The van der Waals surface area contributed by atoms with Gasteiger partial charge in [-0.25, -0.2) is 0 Å². The second-order valence-corrected chi connectivity index (χ2v) is 6.47. The van der Waals surface area contributed by atoms with Gasteiger partial charge in [-0.15, -0.1) is 0 Å². The number of aromatic nitrogens is 1. The molecule has 0 aliphatic rings. The molecule has 7 nitrogen and oxygen atoms in total. The SMILES string of the molecule is COc1cccc(C(=O)Nc2cc(C(=O)Nc3ccncc3)ccc2C(C)N)c1. The van der Waals surface area contributed by atoms with Crippen molar-refractivity contribution in [3.8, 4) is 5.75 Å². The number of amides is 2. The van der Waals surface area contributed by atoms with E-state index in [4.69, 9.17) is 10.5 Å². The minimum absolute atomic E-state index is 0.302. The summed E-state index contributed by atoms with van der Waals surface area (Å²) in [5, 5.41) is 5.65. The van der Waals surface area contributed by atoms with Gasteiger partial charge in [-0.3, -0.25) is 14.6 Å². The molecule has 1 atom stereocenters. The molecule has 0 aliphatic heterocycles. The Labute approximate surface area is 168 Å². The lowest BCUT2D eigenvalue weighted by atomic mass is 10.0. The van der Waals surface area contributed by atoms with E-state index in [1.54, 1.807) is 67.0 Å². The summed E-state index contributed by atoms with van der Waals surface area (Å²) in [5.74, 6) is -0.0441. The lowest BCUT2D eigenvalue weighted by molar-refractivity contribution is 0.101. The second kappa shape index (κ2) is 8.99. The molecule has 0 radical (unpaired) electrons. The van der Waals surface area contributed by atoms with Gasteiger partial charge in [0.1, 0.15) is 5.75 Å². The van der Waals surface area contributed by atoms with E-state index < -0.39 is 0 Å². The Morgan fingerprint density at radius 1 is 0.966 bits per heavy atom. The van der Waals surface area contributed by atoms with Gasteiger partial charge >= 0.3 is 0 Å². The van der Waals surface area contributed by atoms with Crippen molar-refractivity contribution in [2.75, 3.05) is 17.7 Å². The van der Waals surface area contributed by atoms with Crippen LogP contribution >= 0.6 is 0 Å². The highest BCUT2D eigenvalue weighted by molar-refractivity contribution is 6.08. The smallest absolute Gasteiger partial charge is 0.255 e. The van der Waals surface area contributed by atoms with E-state index in [0.29, 0.717) is 28.3 Å². The summed E-state index contributed by atoms with van der Waals surface area (Å²) < 4.78 is 5.17. The Morgan fingerprint density at radius 2 is 1.66 bits per heavy atom. The van der Waals surface area contributed by atoms with Gasteiger partial charge in [-0.1, -0.05) is 12.1 Å². The van der Waals surface area contributed by atoms with Crippen LogP contribution in [0.3, 0.4) is 0 Å². The summed E-state index contributed by atoms with van der Waals surface area (Å²) in [6.45, 7) is 1.81. The van der Waals surface area contributed by atoms with Crippen LogP contribution < -0.4 is 21.1 Å². The molecule has 0 saturated carbocycles. The largest absolute Gasteiger partial charge is 0.497 e. The molecule has 29 heavy (non-hydrogen) atoms. The van der Waals surface area contributed by atoms with Crippen LogP contribution in [0, 0.1) is 0 Å². The highest BCUT2D eigenvalue weighted by atomic mass is 16.5. The Kier molecular flexibility index (Phi) is 6.21. The van der Waals surface area contributed by atoms with E-state index in [9.17, 15) is 9.59 Å². The molecule has 3 aromatic rings. The predicted octanol–water partition coefficient (Wildman–Crippen LogP) is 3.61. The molecular weight excluding hydrogens is 368 g/mol. The fraction of sp³-hybridized carbons (Fsp3) is 0.136. The first-order valence-corrected chi connectivity index (χ1v) is 9.04. The molecule has 0 bridgehead atoms. The summed E-state index contributed by atoms with van der Waals surface area (Å²) in [6.07, 6.45) is 3.18. The molecule has 148 valence electrons. The van der Waals surface area contributed by atoms with E-state index in [0.717, 1.165) is 5.56 Å². The lowest BCUT2D eigenvalue weighted by Gasteiger charge is -2.16. The van der Waals surface area contributed by atoms with Crippen molar-refractivity contribution < 1.29 is 14.3 Å². The van der Waals surface area contributed by atoms with Crippen LogP contribution in [0.1, 0.15) is 39.2 Å². The Morgan fingerprint density at radius 3 is 2.34 bits per heavy atom. The molecule has 0 fully saturated rings. The average Bonchev–Trinajstić information content (AvgIpc) is 2.74. The number of anilines is 2. The third-order valence-corrected chi connectivity index (χ3v) is 4.32. The normalized spacial score (nSPS) is 11.4. The van der Waals surface area contributed by atoms with E-state index in [2.05, 4.69) is 15.6 Å². The molecule has 1 unspecified atom stereocenters. The number of nitrogens with two attached hydrogens (primary N) is 1. The maximum atomic E-state index is 12.7. The number of carbonyl (C=O) groups is 2. The number of nitrogens with zero attached hydrogens (tertiary/aromatic N) is 1. The minimum Gasteiger partial charge on any atom is -0.497 e. The predicted molar refractivity (Wildman–Crippen MR) is 112 cm³/mol. The summed E-state index contributed by atoms with van der Waals surface area (Å²) in [5.41, 5.74) is 8.71. The molecule has 0 spiro atoms. The first-order chi connectivity index (χ1) is 14.0. The van der Waals surface area contributed by atoms with Gasteiger partial charge in [0, 0.05) is 40.9 Å². The zero-order chi connectivity index (χ0) is 20.8. The fourth-order valence-electron chi connectivity index (χ4n) is 2.80.